The molecule has 0 atom stereocenters. The molecule has 2 aromatic carbocycles. The van der Waals surface area contributed by atoms with Crippen LogP contribution in [0, 0.1) is 0 Å². The Balaban J connectivity index is 1.33. The molecule has 0 bridgehead atoms. The normalized spacial score (nSPS) is 18.1. The van der Waals surface area contributed by atoms with Gasteiger partial charge in [0, 0.05) is 31.4 Å². The van der Waals surface area contributed by atoms with Crippen molar-refractivity contribution in [1.29, 1.82) is 0 Å². The zero-order chi connectivity index (χ0) is 25.1. The molecule has 192 valence electrons. The third kappa shape index (κ3) is 5.19. The number of nitrogens with one attached hydrogen (secondary N) is 2. The van der Waals surface area contributed by atoms with E-state index in [1.165, 1.54) is 12.8 Å². The molecule has 9 heteroatoms. The summed E-state index contributed by atoms with van der Waals surface area (Å²) in [5.41, 5.74) is 4.19. The Labute approximate surface area is 213 Å². The van der Waals surface area contributed by atoms with Crippen LogP contribution in [0.4, 0.5) is 0 Å². The van der Waals surface area contributed by atoms with Crippen molar-refractivity contribution in [3.63, 3.8) is 0 Å². The van der Waals surface area contributed by atoms with Crippen LogP contribution < -0.4 is 5.32 Å². The largest absolute Gasteiger partial charge is 0.355 e. The van der Waals surface area contributed by atoms with E-state index < -0.39 is 10.0 Å². The Morgan fingerprint density at radius 2 is 1.78 bits per heavy atom. The number of likely N-dealkylation sites (tertiary alicyclic amines) is 1. The quantitative estimate of drug-likeness (QED) is 0.484. The van der Waals surface area contributed by atoms with Gasteiger partial charge in [0.2, 0.25) is 10.0 Å². The summed E-state index contributed by atoms with van der Waals surface area (Å²) in [6.07, 6.45) is 4.57. The van der Waals surface area contributed by atoms with Gasteiger partial charge in [-0.25, -0.2) is 12.7 Å². The predicted molar refractivity (Wildman–Crippen MR) is 143 cm³/mol. The molecule has 2 N–H and O–H groups in total. The average Bonchev–Trinajstić information content (AvgIpc) is 3.58. The van der Waals surface area contributed by atoms with Crippen molar-refractivity contribution in [3.05, 3.63) is 53.7 Å². The number of benzene rings is 2. The second kappa shape index (κ2) is 10.7. The third-order valence-corrected chi connectivity index (χ3v) is 9.55. The standard InChI is InChI=1S/C27H35N5O3S/c1-28-27(33)24-19-22(20-8-3-2-4-9-20)18-23-25(29-30-26(23)24)21-10-15-32(16-11-21)36(34,35)17-7-14-31-12-5-6-13-31/h2-4,8-9,18-19,21H,5-7,10-17H2,1H3,(H,28,33)(H,29,30). The van der Waals surface area contributed by atoms with Crippen molar-refractivity contribution in [2.24, 2.45) is 0 Å². The van der Waals surface area contributed by atoms with Crippen LogP contribution in [0.2, 0.25) is 0 Å². The first-order valence-electron chi connectivity index (χ1n) is 13.0. The fourth-order valence-corrected chi connectivity index (χ4v) is 7.10. The minimum Gasteiger partial charge on any atom is -0.355 e. The number of sulfonamides is 1. The van der Waals surface area contributed by atoms with Crippen molar-refractivity contribution in [3.8, 4) is 11.1 Å². The first kappa shape index (κ1) is 24.9. The number of H-pyrrole nitrogens is 1. The maximum Gasteiger partial charge on any atom is 0.253 e. The van der Waals surface area contributed by atoms with Gasteiger partial charge in [-0.2, -0.15) is 5.10 Å². The highest BCUT2D eigenvalue weighted by atomic mass is 32.2. The van der Waals surface area contributed by atoms with Gasteiger partial charge < -0.3 is 10.2 Å². The number of hydrogen-bond donors (Lipinski definition) is 2. The summed E-state index contributed by atoms with van der Waals surface area (Å²) in [7, 11) is -1.62. The van der Waals surface area contributed by atoms with Crippen molar-refractivity contribution in [2.75, 3.05) is 45.5 Å². The molecule has 0 radical (unpaired) electrons. The minimum absolute atomic E-state index is 0.137. The summed E-state index contributed by atoms with van der Waals surface area (Å²) in [4.78, 5) is 15.0. The summed E-state index contributed by atoms with van der Waals surface area (Å²) in [6.45, 7) is 4.07. The molecule has 2 saturated heterocycles. The van der Waals surface area contributed by atoms with Crippen LogP contribution >= 0.6 is 0 Å². The number of rotatable bonds is 8. The van der Waals surface area contributed by atoms with E-state index in [0.29, 0.717) is 25.1 Å². The number of hydrogen-bond acceptors (Lipinski definition) is 5. The molecule has 8 nitrogen and oxygen atoms in total. The zero-order valence-corrected chi connectivity index (χ0v) is 21.7. The highest BCUT2D eigenvalue weighted by Gasteiger charge is 2.31. The molecule has 2 fully saturated rings. The number of aromatic amines is 1. The van der Waals surface area contributed by atoms with E-state index in [2.05, 4.69) is 26.5 Å². The average molecular weight is 510 g/mol. The van der Waals surface area contributed by atoms with Crippen LogP contribution in [-0.2, 0) is 10.0 Å². The molecule has 0 aliphatic carbocycles. The lowest BCUT2D eigenvalue weighted by Crippen LogP contribution is -2.39. The van der Waals surface area contributed by atoms with E-state index in [1.807, 2.05) is 36.4 Å². The molecule has 36 heavy (non-hydrogen) atoms. The molecule has 3 aromatic rings. The molecule has 1 amide bonds. The lowest BCUT2D eigenvalue weighted by atomic mass is 9.90. The summed E-state index contributed by atoms with van der Waals surface area (Å²) in [6, 6.07) is 14.0. The first-order chi connectivity index (χ1) is 17.5. The van der Waals surface area contributed by atoms with Crippen LogP contribution in [0.25, 0.3) is 22.0 Å². The Bertz CT molecular complexity index is 1310. The maximum absolute atomic E-state index is 13.0. The number of carbonyl (C=O) groups excluding carboxylic acids is 1. The SMILES string of the molecule is CNC(=O)c1cc(-c2ccccc2)cc2c(C3CCN(S(=O)(=O)CCCN4CCCC4)CC3)n[nH]c12. The number of nitrogens with zero attached hydrogens (tertiary/aromatic N) is 3. The maximum atomic E-state index is 13.0. The zero-order valence-electron chi connectivity index (χ0n) is 20.9. The van der Waals surface area contributed by atoms with Crippen molar-refractivity contribution < 1.29 is 13.2 Å². The van der Waals surface area contributed by atoms with Gasteiger partial charge >= 0.3 is 0 Å². The number of fused-ring (bicyclic) bond motifs is 1. The number of amides is 1. The molecule has 1 aromatic heterocycles. The van der Waals surface area contributed by atoms with Gasteiger partial charge in [-0.3, -0.25) is 9.89 Å². The Kier molecular flexibility index (Phi) is 7.41. The number of carbonyl (C=O) groups is 1. The van der Waals surface area contributed by atoms with E-state index in [0.717, 1.165) is 60.2 Å². The molecule has 0 spiro atoms. The van der Waals surface area contributed by atoms with Crippen molar-refractivity contribution in [2.45, 2.75) is 38.0 Å². The Morgan fingerprint density at radius 3 is 2.47 bits per heavy atom. The molecule has 0 saturated carbocycles. The van der Waals surface area contributed by atoms with E-state index in [4.69, 9.17) is 0 Å². The first-order valence-corrected chi connectivity index (χ1v) is 14.6. The van der Waals surface area contributed by atoms with Gasteiger partial charge in [0.15, 0.2) is 0 Å². The third-order valence-electron chi connectivity index (χ3n) is 7.59. The molecular weight excluding hydrogens is 474 g/mol. The second-order valence-corrected chi connectivity index (χ2v) is 12.0. The van der Waals surface area contributed by atoms with Crippen LogP contribution in [0.15, 0.2) is 42.5 Å². The molecule has 2 aliphatic heterocycles. The van der Waals surface area contributed by atoms with E-state index >= 15 is 0 Å². The van der Waals surface area contributed by atoms with Gasteiger partial charge in [-0.15, -0.1) is 0 Å². The minimum atomic E-state index is -3.25. The molecule has 5 rings (SSSR count). The summed E-state index contributed by atoms with van der Waals surface area (Å²) in [5, 5.41) is 11.4. The van der Waals surface area contributed by atoms with Crippen LogP contribution in [0.1, 0.15) is 54.1 Å². The summed E-state index contributed by atoms with van der Waals surface area (Å²) >= 11 is 0. The molecule has 2 aliphatic rings. The predicted octanol–water partition coefficient (Wildman–Crippen LogP) is 3.58. The summed E-state index contributed by atoms with van der Waals surface area (Å²) < 4.78 is 27.6. The number of piperidine rings is 1. The van der Waals surface area contributed by atoms with E-state index in [1.54, 1.807) is 11.4 Å². The number of aromatic nitrogens is 2. The van der Waals surface area contributed by atoms with E-state index in [9.17, 15) is 13.2 Å². The van der Waals surface area contributed by atoms with Crippen molar-refractivity contribution >= 4 is 26.8 Å². The van der Waals surface area contributed by atoms with Crippen LogP contribution in [0.3, 0.4) is 0 Å². The highest BCUT2D eigenvalue weighted by molar-refractivity contribution is 7.89. The monoisotopic (exact) mass is 509 g/mol. The molecule has 3 heterocycles. The fourth-order valence-electron chi connectivity index (χ4n) is 5.58. The topological polar surface area (TPSA) is 98.4 Å². The fraction of sp³-hybridized carbons (Fsp3) is 0.481. The molecule has 0 unspecified atom stereocenters. The van der Waals surface area contributed by atoms with Crippen LogP contribution in [-0.4, -0.2) is 79.3 Å². The lowest BCUT2D eigenvalue weighted by Gasteiger charge is -2.30. The Hall–Kier alpha value is -2.75. The van der Waals surface area contributed by atoms with Gasteiger partial charge in [0.25, 0.3) is 5.91 Å². The highest BCUT2D eigenvalue weighted by Crippen LogP contribution is 2.36. The van der Waals surface area contributed by atoms with Gasteiger partial charge in [0.05, 0.1) is 22.5 Å². The van der Waals surface area contributed by atoms with Gasteiger partial charge in [0.1, 0.15) is 0 Å². The van der Waals surface area contributed by atoms with Gasteiger partial charge in [-0.1, -0.05) is 30.3 Å². The van der Waals surface area contributed by atoms with Crippen LogP contribution in [0.5, 0.6) is 0 Å². The second-order valence-electron chi connectivity index (χ2n) is 9.89. The molecular formula is C27H35N5O3S. The van der Waals surface area contributed by atoms with E-state index in [-0.39, 0.29) is 17.6 Å². The Morgan fingerprint density at radius 1 is 1.06 bits per heavy atom. The summed E-state index contributed by atoms with van der Waals surface area (Å²) in [5.74, 6) is 0.191. The lowest BCUT2D eigenvalue weighted by molar-refractivity contribution is 0.0964. The smallest absolute Gasteiger partial charge is 0.253 e. The van der Waals surface area contributed by atoms with Gasteiger partial charge in [-0.05, 0) is 75.0 Å². The van der Waals surface area contributed by atoms with Crippen molar-refractivity contribution in [1.82, 2.24) is 24.7 Å².